The van der Waals surface area contributed by atoms with Gasteiger partial charge in [-0.1, -0.05) is 13.5 Å². The van der Waals surface area contributed by atoms with Gasteiger partial charge in [-0.25, -0.2) is 4.79 Å². The maximum atomic E-state index is 11.4. The fraction of sp³-hybridized carbons (Fsp3) is 0.750. The van der Waals surface area contributed by atoms with Gasteiger partial charge in [0.1, 0.15) is 0 Å². The Bertz CT molecular complexity index is 265. The molecule has 1 aliphatic rings. The first-order valence-electron chi connectivity index (χ1n) is 5.80. The van der Waals surface area contributed by atoms with Crippen molar-refractivity contribution in [3.8, 4) is 0 Å². The summed E-state index contributed by atoms with van der Waals surface area (Å²) in [6.07, 6.45) is 1.06. The van der Waals surface area contributed by atoms with E-state index in [0.717, 1.165) is 13.0 Å². The largest absolute Gasteiger partial charge is 0.463 e. The summed E-state index contributed by atoms with van der Waals surface area (Å²) in [4.78, 5) is 13.5. The van der Waals surface area contributed by atoms with Gasteiger partial charge in [0, 0.05) is 18.2 Å². The monoisotopic (exact) mass is 227 g/mol. The summed E-state index contributed by atoms with van der Waals surface area (Å²) in [6, 6.07) is 0.145. The summed E-state index contributed by atoms with van der Waals surface area (Å²) >= 11 is 0. The minimum Gasteiger partial charge on any atom is -0.463 e. The number of likely N-dealkylation sites (tertiary alicyclic amines) is 1. The summed E-state index contributed by atoms with van der Waals surface area (Å²) in [7, 11) is 0. The predicted octanol–water partition coefficient (Wildman–Crippen LogP) is 0.808. The number of hydrogen-bond donors (Lipinski definition) is 1. The van der Waals surface area contributed by atoms with Gasteiger partial charge in [-0.15, -0.1) is 0 Å². The fourth-order valence-electron chi connectivity index (χ4n) is 2.12. The van der Waals surface area contributed by atoms with Crippen molar-refractivity contribution in [2.24, 2.45) is 5.92 Å². The zero-order chi connectivity index (χ0) is 12.1. The van der Waals surface area contributed by atoms with E-state index in [1.54, 1.807) is 6.92 Å². The molecule has 1 N–H and O–H groups in total. The highest BCUT2D eigenvalue weighted by molar-refractivity contribution is 5.88. The molecule has 1 saturated heterocycles. The number of hydrogen-bond acceptors (Lipinski definition) is 4. The highest BCUT2D eigenvalue weighted by atomic mass is 16.5. The first-order chi connectivity index (χ1) is 7.60. The normalized spacial score (nSPS) is 25.7. The molecule has 0 aromatic rings. The maximum Gasteiger partial charge on any atom is 0.334 e. The van der Waals surface area contributed by atoms with Gasteiger partial charge in [-0.05, 0) is 25.8 Å². The van der Waals surface area contributed by atoms with E-state index in [9.17, 15) is 9.90 Å². The van der Waals surface area contributed by atoms with E-state index in [0.29, 0.717) is 24.6 Å². The number of esters is 1. The molecule has 2 atom stereocenters. The molecule has 1 fully saturated rings. The van der Waals surface area contributed by atoms with Crippen LogP contribution in [0.3, 0.4) is 0 Å². The SMILES string of the molecule is C=C(CN1CCC(C)C1CO)C(=O)OCC. The molecule has 0 radical (unpaired) electrons. The van der Waals surface area contributed by atoms with Crippen LogP contribution in [0.5, 0.6) is 0 Å². The van der Waals surface area contributed by atoms with Gasteiger partial charge < -0.3 is 9.84 Å². The van der Waals surface area contributed by atoms with Crippen LogP contribution in [-0.4, -0.2) is 48.3 Å². The van der Waals surface area contributed by atoms with Crippen molar-refractivity contribution < 1.29 is 14.6 Å². The second-order valence-corrected chi connectivity index (χ2v) is 4.31. The number of ether oxygens (including phenoxy) is 1. The molecule has 0 aromatic carbocycles. The Morgan fingerprint density at radius 2 is 2.31 bits per heavy atom. The zero-order valence-corrected chi connectivity index (χ0v) is 10.1. The Hall–Kier alpha value is -0.870. The van der Waals surface area contributed by atoms with E-state index in [1.807, 2.05) is 0 Å². The quantitative estimate of drug-likeness (QED) is 0.558. The molecule has 1 aliphatic heterocycles. The number of rotatable bonds is 5. The molecular formula is C12H21NO3. The second-order valence-electron chi connectivity index (χ2n) is 4.31. The van der Waals surface area contributed by atoms with E-state index < -0.39 is 0 Å². The molecule has 2 unspecified atom stereocenters. The molecule has 0 spiro atoms. The third-order valence-electron chi connectivity index (χ3n) is 3.14. The van der Waals surface area contributed by atoms with Gasteiger partial charge in [0.25, 0.3) is 0 Å². The van der Waals surface area contributed by atoms with Crippen LogP contribution in [0.4, 0.5) is 0 Å². The molecule has 4 nitrogen and oxygen atoms in total. The van der Waals surface area contributed by atoms with Gasteiger partial charge in [0.05, 0.1) is 13.2 Å². The summed E-state index contributed by atoms with van der Waals surface area (Å²) in [5.74, 6) is 0.138. The highest BCUT2D eigenvalue weighted by Gasteiger charge is 2.31. The first-order valence-corrected chi connectivity index (χ1v) is 5.80. The second kappa shape index (κ2) is 6.01. The number of aliphatic hydroxyl groups is 1. The first kappa shape index (κ1) is 13.2. The summed E-state index contributed by atoms with van der Waals surface area (Å²) in [5, 5.41) is 9.27. The number of carbonyl (C=O) groups is 1. The topological polar surface area (TPSA) is 49.8 Å². The average Bonchev–Trinajstić information content (AvgIpc) is 2.59. The van der Waals surface area contributed by atoms with Crippen molar-refractivity contribution in [2.75, 3.05) is 26.3 Å². The lowest BCUT2D eigenvalue weighted by Gasteiger charge is -2.25. The van der Waals surface area contributed by atoms with Crippen LogP contribution in [0, 0.1) is 5.92 Å². The van der Waals surface area contributed by atoms with Crippen LogP contribution in [0.25, 0.3) is 0 Å². The van der Waals surface area contributed by atoms with Crippen molar-refractivity contribution in [3.05, 3.63) is 12.2 Å². The molecule has 0 aromatic heterocycles. The third-order valence-corrected chi connectivity index (χ3v) is 3.14. The predicted molar refractivity (Wildman–Crippen MR) is 62.0 cm³/mol. The van der Waals surface area contributed by atoms with Crippen LogP contribution in [0.2, 0.25) is 0 Å². The molecule has 92 valence electrons. The average molecular weight is 227 g/mol. The van der Waals surface area contributed by atoms with E-state index in [1.165, 1.54) is 0 Å². The van der Waals surface area contributed by atoms with Gasteiger partial charge in [0.2, 0.25) is 0 Å². The molecule has 0 bridgehead atoms. The van der Waals surface area contributed by atoms with Gasteiger partial charge in [-0.2, -0.15) is 0 Å². The van der Waals surface area contributed by atoms with E-state index in [4.69, 9.17) is 4.74 Å². The minimum absolute atomic E-state index is 0.136. The van der Waals surface area contributed by atoms with E-state index in [-0.39, 0.29) is 18.6 Å². The number of carbonyl (C=O) groups excluding carboxylic acids is 1. The van der Waals surface area contributed by atoms with Crippen LogP contribution in [-0.2, 0) is 9.53 Å². The molecule has 1 heterocycles. The highest BCUT2D eigenvalue weighted by Crippen LogP contribution is 2.24. The molecule has 0 amide bonds. The molecule has 16 heavy (non-hydrogen) atoms. The van der Waals surface area contributed by atoms with Crippen LogP contribution >= 0.6 is 0 Å². The summed E-state index contributed by atoms with van der Waals surface area (Å²) < 4.78 is 4.88. The van der Waals surface area contributed by atoms with Crippen LogP contribution in [0.15, 0.2) is 12.2 Å². The van der Waals surface area contributed by atoms with Crippen molar-refractivity contribution in [1.29, 1.82) is 0 Å². The molecule has 4 heteroatoms. The Morgan fingerprint density at radius 3 is 2.88 bits per heavy atom. The number of aliphatic hydroxyl groups excluding tert-OH is 1. The summed E-state index contributed by atoms with van der Waals surface area (Å²) in [5.41, 5.74) is 0.467. The Labute approximate surface area is 96.9 Å². The van der Waals surface area contributed by atoms with Crippen molar-refractivity contribution in [3.63, 3.8) is 0 Å². The van der Waals surface area contributed by atoms with Crippen LogP contribution < -0.4 is 0 Å². The lowest BCUT2D eigenvalue weighted by molar-refractivity contribution is -0.138. The van der Waals surface area contributed by atoms with E-state index in [2.05, 4.69) is 18.4 Å². The van der Waals surface area contributed by atoms with Crippen LogP contribution in [0.1, 0.15) is 20.3 Å². The van der Waals surface area contributed by atoms with Crippen molar-refractivity contribution in [1.82, 2.24) is 4.90 Å². The Morgan fingerprint density at radius 1 is 1.62 bits per heavy atom. The van der Waals surface area contributed by atoms with Gasteiger partial charge in [-0.3, -0.25) is 4.90 Å². The molecule has 0 aliphatic carbocycles. The standard InChI is InChI=1S/C12H21NO3/c1-4-16-12(15)10(3)7-13-6-5-9(2)11(13)8-14/h9,11,14H,3-8H2,1-2H3. The van der Waals surface area contributed by atoms with E-state index >= 15 is 0 Å². The fourth-order valence-corrected chi connectivity index (χ4v) is 2.12. The van der Waals surface area contributed by atoms with Gasteiger partial charge in [0.15, 0.2) is 0 Å². The lowest BCUT2D eigenvalue weighted by atomic mass is 10.0. The zero-order valence-electron chi connectivity index (χ0n) is 10.1. The van der Waals surface area contributed by atoms with Gasteiger partial charge >= 0.3 is 5.97 Å². The third kappa shape index (κ3) is 3.06. The smallest absolute Gasteiger partial charge is 0.334 e. The van der Waals surface area contributed by atoms with Crippen molar-refractivity contribution >= 4 is 5.97 Å². The number of nitrogens with zero attached hydrogens (tertiary/aromatic N) is 1. The summed E-state index contributed by atoms with van der Waals surface area (Å²) in [6.45, 7) is 9.54. The maximum absolute atomic E-state index is 11.4. The lowest BCUT2D eigenvalue weighted by Crippen LogP contribution is -2.37. The Balaban J connectivity index is 2.48. The molecular weight excluding hydrogens is 206 g/mol. The molecule has 0 saturated carbocycles. The molecule has 1 rings (SSSR count). The minimum atomic E-state index is -0.334. The van der Waals surface area contributed by atoms with Crippen molar-refractivity contribution in [2.45, 2.75) is 26.3 Å². The Kier molecular flexibility index (Phi) is 4.96.